The molecule has 19 heavy (non-hydrogen) atoms. The van der Waals surface area contributed by atoms with Crippen LogP contribution in [0.1, 0.15) is 42.5 Å². The third kappa shape index (κ3) is 2.38. The molecular weight excluding hydrogens is 306 g/mol. The standard InChI is InChI=1S/C15H18BrNO2/c16-11-4-5-12(14(18)19)13(8-11)17-9-15(10-17)6-2-1-3-7-15/h4-5,8H,1-3,6-7,9-10H2,(H,18,19). The third-order valence-corrected chi connectivity index (χ3v) is 4.99. The fourth-order valence-electron chi connectivity index (χ4n) is 3.50. The molecule has 1 saturated heterocycles. The molecule has 1 N–H and O–H groups in total. The summed E-state index contributed by atoms with van der Waals surface area (Å²) in [5, 5.41) is 9.28. The molecule has 4 heteroatoms. The molecule has 1 spiro atoms. The maximum atomic E-state index is 11.3. The monoisotopic (exact) mass is 323 g/mol. The first-order chi connectivity index (χ1) is 9.10. The largest absolute Gasteiger partial charge is 0.478 e. The van der Waals surface area contributed by atoms with E-state index in [0.29, 0.717) is 11.0 Å². The Morgan fingerprint density at radius 2 is 1.89 bits per heavy atom. The van der Waals surface area contributed by atoms with Gasteiger partial charge in [0.2, 0.25) is 0 Å². The first-order valence-electron chi connectivity index (χ1n) is 6.88. The number of aromatic carboxylic acids is 1. The molecule has 3 nitrogen and oxygen atoms in total. The fourth-order valence-corrected chi connectivity index (χ4v) is 3.85. The summed E-state index contributed by atoms with van der Waals surface area (Å²) in [6.07, 6.45) is 6.63. The van der Waals surface area contributed by atoms with Crippen LogP contribution in [0.25, 0.3) is 0 Å². The third-order valence-electron chi connectivity index (χ3n) is 4.50. The van der Waals surface area contributed by atoms with Crippen molar-refractivity contribution in [2.24, 2.45) is 5.41 Å². The average molecular weight is 324 g/mol. The van der Waals surface area contributed by atoms with Gasteiger partial charge in [0, 0.05) is 23.0 Å². The molecule has 0 bridgehead atoms. The molecule has 1 aliphatic heterocycles. The molecule has 1 aromatic carbocycles. The zero-order chi connectivity index (χ0) is 13.5. The van der Waals surface area contributed by atoms with E-state index < -0.39 is 5.97 Å². The Morgan fingerprint density at radius 1 is 1.21 bits per heavy atom. The van der Waals surface area contributed by atoms with Crippen molar-refractivity contribution in [3.05, 3.63) is 28.2 Å². The van der Waals surface area contributed by atoms with Crippen molar-refractivity contribution >= 4 is 27.6 Å². The highest BCUT2D eigenvalue weighted by Crippen LogP contribution is 2.46. The maximum absolute atomic E-state index is 11.3. The van der Waals surface area contributed by atoms with Crippen LogP contribution in [0.15, 0.2) is 22.7 Å². The molecule has 0 atom stereocenters. The number of carboxylic acid groups (broad SMARTS) is 1. The molecule has 0 amide bonds. The number of rotatable bonds is 2. The number of carbonyl (C=O) groups is 1. The normalized spacial score (nSPS) is 21.2. The van der Waals surface area contributed by atoms with Crippen LogP contribution in [-0.2, 0) is 0 Å². The van der Waals surface area contributed by atoms with Gasteiger partial charge < -0.3 is 10.0 Å². The number of benzene rings is 1. The molecule has 102 valence electrons. The summed E-state index contributed by atoms with van der Waals surface area (Å²) in [4.78, 5) is 13.5. The van der Waals surface area contributed by atoms with Crippen LogP contribution < -0.4 is 4.90 Å². The quantitative estimate of drug-likeness (QED) is 0.896. The molecule has 1 aromatic rings. The van der Waals surface area contributed by atoms with Crippen molar-refractivity contribution in [1.82, 2.24) is 0 Å². The minimum absolute atomic E-state index is 0.411. The van der Waals surface area contributed by atoms with Gasteiger partial charge in [0.15, 0.2) is 0 Å². The molecule has 0 aromatic heterocycles. The van der Waals surface area contributed by atoms with Crippen molar-refractivity contribution in [3.8, 4) is 0 Å². The summed E-state index contributed by atoms with van der Waals surface area (Å²) < 4.78 is 0.942. The van der Waals surface area contributed by atoms with Gasteiger partial charge in [-0.15, -0.1) is 0 Å². The first kappa shape index (κ1) is 13.0. The Morgan fingerprint density at radius 3 is 2.53 bits per heavy atom. The molecule has 0 radical (unpaired) electrons. The summed E-state index contributed by atoms with van der Waals surface area (Å²) in [7, 11) is 0. The minimum Gasteiger partial charge on any atom is -0.478 e. The van der Waals surface area contributed by atoms with E-state index in [1.807, 2.05) is 6.07 Å². The number of anilines is 1. The van der Waals surface area contributed by atoms with Gasteiger partial charge in [-0.25, -0.2) is 4.79 Å². The second-order valence-corrected chi connectivity index (χ2v) is 6.80. The van der Waals surface area contributed by atoms with Crippen LogP contribution in [0.3, 0.4) is 0 Å². The van der Waals surface area contributed by atoms with Crippen molar-refractivity contribution in [2.75, 3.05) is 18.0 Å². The van der Waals surface area contributed by atoms with Gasteiger partial charge in [-0.1, -0.05) is 35.2 Å². The van der Waals surface area contributed by atoms with E-state index in [0.717, 1.165) is 23.2 Å². The van der Waals surface area contributed by atoms with Gasteiger partial charge in [0.1, 0.15) is 0 Å². The lowest BCUT2D eigenvalue weighted by Gasteiger charge is -2.54. The molecular formula is C15H18BrNO2. The molecule has 1 heterocycles. The smallest absolute Gasteiger partial charge is 0.337 e. The van der Waals surface area contributed by atoms with Crippen molar-refractivity contribution < 1.29 is 9.90 Å². The predicted octanol–water partition coefficient (Wildman–Crippen LogP) is 3.92. The lowest BCUT2D eigenvalue weighted by Crippen LogP contribution is -2.57. The van der Waals surface area contributed by atoms with Crippen LogP contribution in [0, 0.1) is 5.41 Å². The van der Waals surface area contributed by atoms with Crippen LogP contribution in [0.5, 0.6) is 0 Å². The Bertz CT molecular complexity index is 501. The molecule has 1 aliphatic carbocycles. The lowest BCUT2D eigenvalue weighted by molar-refractivity contribution is 0.0695. The van der Waals surface area contributed by atoms with Gasteiger partial charge in [0.25, 0.3) is 0 Å². The molecule has 3 rings (SSSR count). The summed E-state index contributed by atoms with van der Waals surface area (Å²) in [5.41, 5.74) is 1.74. The number of hydrogen-bond acceptors (Lipinski definition) is 2. The zero-order valence-corrected chi connectivity index (χ0v) is 12.4. The van der Waals surface area contributed by atoms with E-state index in [-0.39, 0.29) is 0 Å². The molecule has 1 saturated carbocycles. The second-order valence-electron chi connectivity index (χ2n) is 5.88. The van der Waals surface area contributed by atoms with Gasteiger partial charge in [0.05, 0.1) is 11.3 Å². The van der Waals surface area contributed by atoms with Crippen LogP contribution >= 0.6 is 15.9 Å². The number of nitrogens with zero attached hydrogens (tertiary/aromatic N) is 1. The van der Waals surface area contributed by atoms with E-state index in [9.17, 15) is 9.90 Å². The van der Waals surface area contributed by atoms with Gasteiger partial charge in [-0.3, -0.25) is 0 Å². The van der Waals surface area contributed by atoms with Crippen LogP contribution in [-0.4, -0.2) is 24.2 Å². The Balaban J connectivity index is 1.81. The van der Waals surface area contributed by atoms with E-state index in [4.69, 9.17) is 0 Å². The molecule has 0 unspecified atom stereocenters. The SMILES string of the molecule is O=C(O)c1ccc(Br)cc1N1CC2(CCCCC2)C1. The summed E-state index contributed by atoms with van der Waals surface area (Å²) >= 11 is 3.43. The van der Waals surface area contributed by atoms with Gasteiger partial charge >= 0.3 is 5.97 Å². The Labute approximate surface area is 121 Å². The second kappa shape index (κ2) is 4.82. The van der Waals surface area contributed by atoms with Crippen LogP contribution in [0.2, 0.25) is 0 Å². The summed E-state index contributed by atoms with van der Waals surface area (Å²) in [5.74, 6) is -0.841. The van der Waals surface area contributed by atoms with Crippen molar-refractivity contribution in [2.45, 2.75) is 32.1 Å². The number of halogens is 1. The van der Waals surface area contributed by atoms with E-state index >= 15 is 0 Å². The van der Waals surface area contributed by atoms with E-state index in [1.54, 1.807) is 12.1 Å². The first-order valence-corrected chi connectivity index (χ1v) is 7.67. The lowest BCUT2D eigenvalue weighted by atomic mass is 9.68. The highest BCUT2D eigenvalue weighted by atomic mass is 79.9. The Hall–Kier alpha value is -1.03. The Kier molecular flexibility index (Phi) is 3.29. The average Bonchev–Trinajstić information content (AvgIpc) is 2.36. The van der Waals surface area contributed by atoms with E-state index in [2.05, 4.69) is 20.8 Å². The molecule has 2 aliphatic rings. The number of carboxylic acids is 1. The van der Waals surface area contributed by atoms with E-state index in [1.165, 1.54) is 32.1 Å². The predicted molar refractivity (Wildman–Crippen MR) is 78.8 cm³/mol. The van der Waals surface area contributed by atoms with Gasteiger partial charge in [-0.2, -0.15) is 0 Å². The zero-order valence-electron chi connectivity index (χ0n) is 10.9. The van der Waals surface area contributed by atoms with Crippen molar-refractivity contribution in [3.63, 3.8) is 0 Å². The topological polar surface area (TPSA) is 40.5 Å². The fraction of sp³-hybridized carbons (Fsp3) is 0.533. The highest BCUT2D eigenvalue weighted by molar-refractivity contribution is 9.10. The maximum Gasteiger partial charge on any atom is 0.337 e. The van der Waals surface area contributed by atoms with Crippen molar-refractivity contribution in [1.29, 1.82) is 0 Å². The number of hydrogen-bond donors (Lipinski definition) is 1. The minimum atomic E-state index is -0.841. The highest BCUT2D eigenvalue weighted by Gasteiger charge is 2.44. The summed E-state index contributed by atoms with van der Waals surface area (Å²) in [6, 6.07) is 5.41. The summed E-state index contributed by atoms with van der Waals surface area (Å²) in [6.45, 7) is 2.04. The van der Waals surface area contributed by atoms with Crippen LogP contribution in [0.4, 0.5) is 5.69 Å². The molecule has 2 fully saturated rings. The van der Waals surface area contributed by atoms with Gasteiger partial charge in [-0.05, 0) is 31.0 Å².